The van der Waals surface area contributed by atoms with Gasteiger partial charge in [-0.2, -0.15) is 0 Å². The van der Waals surface area contributed by atoms with Crippen LogP contribution in [0.4, 0.5) is 22.7 Å². The lowest BCUT2D eigenvalue weighted by molar-refractivity contribution is -0.644. The fourth-order valence-corrected chi connectivity index (χ4v) is 6.80. The third kappa shape index (κ3) is 7.75. The molecule has 0 bridgehead atoms. The number of hydrogen-bond donors (Lipinski definition) is 4. The Hall–Kier alpha value is -6.24. The second-order valence-electron chi connectivity index (χ2n) is 13.5. The SMILES string of the molecule is C[n+]1cc([N-]C(=O)c2cc(NCCCC[NH3+])c3ccc4c(NCCCC[NH3+])cc(C(=O)[N-]c5cc6ccccc6[n+](C)c5)nc4c3n2)cc2ccccc21. The fourth-order valence-electron chi connectivity index (χ4n) is 6.80. The molecular formula is C42H46N10O2+2. The molecular weight excluding hydrogens is 677 g/mol. The predicted molar refractivity (Wildman–Crippen MR) is 213 cm³/mol. The van der Waals surface area contributed by atoms with Crippen LogP contribution >= 0.6 is 0 Å². The summed E-state index contributed by atoms with van der Waals surface area (Å²) in [7, 11) is 3.86. The van der Waals surface area contributed by atoms with Gasteiger partial charge >= 0.3 is 0 Å². The number of unbranched alkanes of at least 4 members (excludes halogenated alkanes) is 2. The molecule has 4 heterocycles. The average Bonchev–Trinajstić information content (AvgIpc) is 3.17. The summed E-state index contributed by atoms with van der Waals surface area (Å²) in [6.07, 6.45) is 7.42. The van der Waals surface area contributed by atoms with Crippen molar-refractivity contribution in [3.63, 3.8) is 0 Å². The van der Waals surface area contributed by atoms with Crippen molar-refractivity contribution in [1.29, 1.82) is 0 Å². The van der Waals surface area contributed by atoms with E-state index in [2.05, 4.69) is 32.7 Å². The molecule has 8 N–H and O–H groups in total. The van der Waals surface area contributed by atoms with Crippen LogP contribution in [0.5, 0.6) is 0 Å². The van der Waals surface area contributed by atoms with Gasteiger partial charge in [-0.05, 0) is 62.1 Å². The molecule has 54 heavy (non-hydrogen) atoms. The minimum atomic E-state index is -0.483. The Balaban J connectivity index is 1.33. The molecule has 0 saturated heterocycles. The molecule has 274 valence electrons. The van der Waals surface area contributed by atoms with Gasteiger partial charge in [-0.25, -0.2) is 19.1 Å². The molecule has 0 aliphatic rings. The van der Waals surface area contributed by atoms with Crippen molar-refractivity contribution in [2.24, 2.45) is 14.1 Å². The number of para-hydroxylation sites is 2. The van der Waals surface area contributed by atoms with Gasteiger partial charge in [0.1, 0.15) is 25.9 Å². The van der Waals surface area contributed by atoms with E-state index in [1.165, 1.54) is 0 Å². The summed E-state index contributed by atoms with van der Waals surface area (Å²) in [5.41, 5.74) is 13.8. The monoisotopic (exact) mass is 722 g/mol. The molecule has 0 aliphatic carbocycles. The van der Waals surface area contributed by atoms with E-state index in [-0.39, 0.29) is 11.4 Å². The lowest BCUT2D eigenvalue weighted by Crippen LogP contribution is -2.50. The van der Waals surface area contributed by atoms with Gasteiger partial charge in [0, 0.05) is 58.1 Å². The van der Waals surface area contributed by atoms with Gasteiger partial charge in [-0.1, -0.05) is 47.8 Å². The molecule has 0 unspecified atom stereocenters. The number of carbonyl (C=O) groups excluding carboxylic acids is 2. The molecule has 0 spiro atoms. The number of aryl methyl sites for hydroxylation is 2. The standard InChI is InChI=1S/C42H44N10O2/c1-51-25-29(21-27-11-3-5-13-37(27)51)47-41(53)35-23-33(45-19-9-7-17-43)31-15-16-32-34(46-20-10-8-18-44)24-36(50-40(32)39(31)49-35)42(54)48-30-22-28-12-4-6-14-38(28)52(2)26-30/h3-6,11-16,21-26H,7-10,17-20,43-44H2,1-2H3,(H2-2,45,46,47,48,49,50,53,54)/p+2. The van der Waals surface area contributed by atoms with Crippen molar-refractivity contribution >= 4 is 78.2 Å². The molecule has 2 amide bonds. The molecule has 0 aliphatic heterocycles. The van der Waals surface area contributed by atoms with Gasteiger partial charge in [0.05, 0.1) is 35.5 Å². The Kier molecular flexibility index (Phi) is 10.8. The number of benzene rings is 3. The molecule has 0 radical (unpaired) electrons. The van der Waals surface area contributed by atoms with Crippen LogP contribution < -0.4 is 31.2 Å². The van der Waals surface area contributed by atoms with Crippen LogP contribution in [0.25, 0.3) is 54.2 Å². The molecule has 0 atom stereocenters. The number of nitrogens with zero attached hydrogens (tertiary/aromatic N) is 6. The first-order chi connectivity index (χ1) is 26.3. The number of hydrogen-bond acceptors (Lipinski definition) is 6. The zero-order valence-corrected chi connectivity index (χ0v) is 30.8. The highest BCUT2D eigenvalue weighted by Crippen LogP contribution is 2.35. The summed E-state index contributed by atoms with van der Waals surface area (Å²) >= 11 is 0. The van der Waals surface area contributed by atoms with Gasteiger partial charge in [-0.3, -0.25) is 0 Å². The first-order valence-corrected chi connectivity index (χ1v) is 18.5. The van der Waals surface area contributed by atoms with Crippen LogP contribution in [-0.2, 0) is 14.1 Å². The lowest BCUT2D eigenvalue weighted by Gasteiger charge is -2.22. The van der Waals surface area contributed by atoms with E-state index in [1.807, 2.05) is 108 Å². The van der Waals surface area contributed by atoms with Crippen LogP contribution in [0.15, 0.2) is 97.3 Å². The third-order valence-corrected chi connectivity index (χ3v) is 9.53. The highest BCUT2D eigenvalue weighted by Gasteiger charge is 2.17. The van der Waals surface area contributed by atoms with Crippen LogP contribution in [-0.4, -0.2) is 48.0 Å². The maximum atomic E-state index is 14.0. The highest BCUT2D eigenvalue weighted by molar-refractivity contribution is 6.17. The number of nitrogens with one attached hydrogen (secondary N) is 2. The average molecular weight is 723 g/mol. The summed E-state index contributed by atoms with van der Waals surface area (Å²) in [5.74, 6) is -0.967. The van der Waals surface area contributed by atoms with Gasteiger partial charge in [0.2, 0.25) is 11.0 Å². The normalized spacial score (nSPS) is 11.3. The fraction of sp³-hybridized carbons (Fsp3) is 0.238. The van der Waals surface area contributed by atoms with Gasteiger partial charge < -0.3 is 42.3 Å². The second kappa shape index (κ2) is 16.2. The van der Waals surface area contributed by atoms with E-state index in [9.17, 15) is 9.59 Å². The number of amides is 2. The van der Waals surface area contributed by atoms with E-state index in [0.29, 0.717) is 35.5 Å². The van der Waals surface area contributed by atoms with E-state index in [4.69, 9.17) is 9.97 Å². The molecule has 0 saturated carbocycles. The minimum absolute atomic E-state index is 0.169. The Morgan fingerprint density at radius 2 is 1.04 bits per heavy atom. The van der Waals surface area contributed by atoms with Crippen LogP contribution in [0.3, 0.4) is 0 Å². The van der Waals surface area contributed by atoms with Crippen molar-refractivity contribution in [2.75, 3.05) is 36.8 Å². The van der Waals surface area contributed by atoms with Crippen LogP contribution in [0.2, 0.25) is 0 Å². The quantitative estimate of drug-likeness (QED) is 0.0673. The predicted octanol–water partition coefficient (Wildman–Crippen LogP) is 5.30. The first kappa shape index (κ1) is 36.1. The highest BCUT2D eigenvalue weighted by atomic mass is 16.2. The van der Waals surface area contributed by atoms with E-state index in [1.54, 1.807) is 12.1 Å². The summed E-state index contributed by atoms with van der Waals surface area (Å²) in [6.45, 7) is 3.04. The van der Waals surface area contributed by atoms with Crippen molar-refractivity contribution in [2.45, 2.75) is 25.7 Å². The largest absolute Gasteiger partial charge is 0.616 e. The number of anilines is 2. The van der Waals surface area contributed by atoms with Crippen molar-refractivity contribution in [3.05, 3.63) is 119 Å². The minimum Gasteiger partial charge on any atom is -0.616 e. The number of carbonyl (C=O) groups is 2. The molecule has 3 aromatic carbocycles. The van der Waals surface area contributed by atoms with Gasteiger partial charge in [0.25, 0.3) is 0 Å². The van der Waals surface area contributed by atoms with E-state index in [0.717, 1.165) is 82.7 Å². The van der Waals surface area contributed by atoms with E-state index >= 15 is 0 Å². The van der Waals surface area contributed by atoms with Crippen LogP contribution in [0.1, 0.15) is 46.7 Å². The van der Waals surface area contributed by atoms with Gasteiger partial charge in [-0.15, -0.1) is 0 Å². The number of aromatic nitrogens is 4. The Morgan fingerprint density at radius 1 is 0.611 bits per heavy atom. The molecule has 4 aromatic heterocycles. The summed E-state index contributed by atoms with van der Waals surface area (Å²) in [6, 6.07) is 27.2. The van der Waals surface area contributed by atoms with Crippen molar-refractivity contribution < 1.29 is 30.2 Å². The first-order valence-electron chi connectivity index (χ1n) is 18.5. The smallest absolute Gasteiger partial charge is 0.212 e. The zero-order valence-electron chi connectivity index (χ0n) is 30.8. The molecule has 12 nitrogen and oxygen atoms in total. The van der Waals surface area contributed by atoms with Crippen LogP contribution in [0, 0.1) is 0 Å². The molecule has 7 aromatic rings. The third-order valence-electron chi connectivity index (χ3n) is 9.53. The number of rotatable bonds is 14. The molecule has 12 heteroatoms. The topological polar surface area (TPSA) is 175 Å². The number of fused-ring (bicyclic) bond motifs is 5. The van der Waals surface area contributed by atoms with E-state index < -0.39 is 11.8 Å². The second-order valence-corrected chi connectivity index (χ2v) is 13.5. The maximum absolute atomic E-state index is 14.0. The summed E-state index contributed by atoms with van der Waals surface area (Å²) < 4.78 is 3.91. The molecule has 0 fully saturated rings. The zero-order chi connectivity index (χ0) is 37.6. The maximum Gasteiger partial charge on any atom is 0.212 e. The summed E-state index contributed by atoms with van der Waals surface area (Å²) in [4.78, 5) is 37.8. The molecule has 7 rings (SSSR count). The number of quaternary nitrogens is 2. The Labute approximate surface area is 313 Å². The Morgan fingerprint density at radius 3 is 1.46 bits per heavy atom. The summed E-state index contributed by atoms with van der Waals surface area (Å²) in [5, 5.41) is 19.6. The Bertz CT molecular complexity index is 2350. The number of pyridine rings is 4. The van der Waals surface area contributed by atoms with Crippen molar-refractivity contribution in [3.8, 4) is 0 Å². The van der Waals surface area contributed by atoms with Crippen molar-refractivity contribution in [1.82, 2.24) is 9.97 Å². The van der Waals surface area contributed by atoms with Gasteiger partial charge in [0.15, 0.2) is 12.4 Å². The lowest BCUT2D eigenvalue weighted by atomic mass is 10.1.